The van der Waals surface area contributed by atoms with E-state index in [1.54, 1.807) is 17.4 Å². The van der Waals surface area contributed by atoms with E-state index < -0.39 is 27.8 Å². The van der Waals surface area contributed by atoms with Crippen molar-refractivity contribution in [1.29, 1.82) is 0 Å². The molecule has 0 aromatic heterocycles. The van der Waals surface area contributed by atoms with Crippen molar-refractivity contribution in [1.82, 2.24) is 5.32 Å². The highest BCUT2D eigenvalue weighted by atomic mass is 127. The van der Waals surface area contributed by atoms with Gasteiger partial charge in [0.15, 0.2) is 10.1 Å². The molecule has 106 valence electrons. The first-order valence-electron chi connectivity index (χ1n) is 4.61. The summed E-state index contributed by atoms with van der Waals surface area (Å²) in [7, 11) is -5.80. The van der Waals surface area contributed by atoms with E-state index >= 15 is 0 Å². The number of hydrogen-bond acceptors (Lipinski definition) is 4. The average molecular weight is 516 g/mol. The van der Waals surface area contributed by atoms with E-state index in [9.17, 15) is 26.5 Å². The summed E-state index contributed by atoms with van der Waals surface area (Å²) in [6.45, 7) is -1.56. The summed E-state index contributed by atoms with van der Waals surface area (Å²) in [5.74, 6) is -0.869. The lowest BCUT2D eigenvalue weighted by atomic mass is 10.2. The molecule has 0 aliphatic heterocycles. The molecule has 1 aromatic rings. The number of nitrogens with one attached hydrogen (secondary N) is 1. The Balaban J connectivity index is 2.85. The summed E-state index contributed by atoms with van der Waals surface area (Å²) in [4.78, 5) is 11.6. The maximum Gasteiger partial charge on any atom is 0.351 e. The summed E-state index contributed by atoms with van der Waals surface area (Å²) in [6.07, 6.45) is 0. The number of halogens is 4. The van der Waals surface area contributed by atoms with Gasteiger partial charge in [-0.2, -0.15) is 8.78 Å². The first-order valence-corrected chi connectivity index (χ1v) is 8.18. The molecule has 0 heterocycles. The van der Waals surface area contributed by atoms with E-state index in [-0.39, 0.29) is 5.56 Å². The largest absolute Gasteiger partial charge is 0.743 e. The molecule has 1 aromatic carbocycles. The van der Waals surface area contributed by atoms with Crippen LogP contribution in [0.2, 0.25) is 0 Å². The van der Waals surface area contributed by atoms with Crippen LogP contribution in [0.1, 0.15) is 10.4 Å². The lowest BCUT2D eigenvalue weighted by molar-refractivity contribution is 0.0691. The molecule has 10 heteroatoms. The molecule has 5 nitrogen and oxygen atoms in total. The zero-order valence-electron chi connectivity index (χ0n) is 8.99. The molecule has 0 aliphatic rings. The van der Waals surface area contributed by atoms with E-state index in [0.717, 1.165) is 0 Å². The van der Waals surface area contributed by atoms with Crippen molar-refractivity contribution >= 4 is 61.2 Å². The maximum absolute atomic E-state index is 12.9. The Morgan fingerprint density at radius 2 is 1.95 bits per heavy atom. The van der Waals surface area contributed by atoms with Crippen molar-refractivity contribution in [3.05, 3.63) is 30.9 Å². The van der Waals surface area contributed by atoms with E-state index in [2.05, 4.69) is 0 Å². The van der Waals surface area contributed by atoms with Crippen LogP contribution in [0.4, 0.5) is 8.78 Å². The fourth-order valence-corrected chi connectivity index (χ4v) is 2.36. The number of amides is 1. The molecule has 0 unspecified atom stereocenters. The number of rotatable bonds is 4. The lowest BCUT2D eigenvalue weighted by Gasteiger charge is -2.20. The van der Waals surface area contributed by atoms with E-state index in [1.165, 1.54) is 6.07 Å². The van der Waals surface area contributed by atoms with Gasteiger partial charge in [-0.25, -0.2) is 8.42 Å². The van der Waals surface area contributed by atoms with Crippen LogP contribution in [0.25, 0.3) is 0 Å². The van der Waals surface area contributed by atoms with Crippen molar-refractivity contribution in [3.63, 3.8) is 0 Å². The summed E-state index contributed by atoms with van der Waals surface area (Å²) >= 11 is 3.77. The van der Waals surface area contributed by atoms with Gasteiger partial charge in [-0.15, -0.1) is 0 Å². The second-order valence-electron chi connectivity index (χ2n) is 3.40. The molecule has 0 radical (unpaired) electrons. The average Bonchev–Trinajstić information content (AvgIpc) is 2.28. The lowest BCUT2D eigenvalue weighted by Crippen LogP contribution is -2.42. The van der Waals surface area contributed by atoms with Crippen LogP contribution in [0.15, 0.2) is 18.2 Å². The predicted molar refractivity (Wildman–Crippen MR) is 78.9 cm³/mol. The summed E-state index contributed by atoms with van der Waals surface area (Å²) in [5, 5.41) is -2.79. The number of benzene rings is 1. The molecule has 1 N–H and O–H groups in total. The fraction of sp³-hybridized carbons (Fsp3) is 0.222. The summed E-state index contributed by atoms with van der Waals surface area (Å²) in [5.41, 5.74) is 0.131. The van der Waals surface area contributed by atoms with Crippen molar-refractivity contribution in [3.8, 4) is 0 Å². The SMILES string of the molecule is O=C(NCC(F)(F)S(=O)(=O)[O-])c1cc(I)ccc1I. The van der Waals surface area contributed by atoms with Gasteiger partial charge in [0.25, 0.3) is 5.91 Å². The van der Waals surface area contributed by atoms with Crippen LogP contribution in [-0.4, -0.2) is 30.7 Å². The Morgan fingerprint density at radius 1 is 1.37 bits per heavy atom. The van der Waals surface area contributed by atoms with Crippen LogP contribution < -0.4 is 5.32 Å². The Kier molecular flexibility index (Phi) is 5.48. The summed E-state index contributed by atoms with van der Waals surface area (Å²) < 4.78 is 57.8. The van der Waals surface area contributed by atoms with Gasteiger partial charge in [0.2, 0.25) is 0 Å². The molecule has 0 bridgehead atoms. The van der Waals surface area contributed by atoms with Gasteiger partial charge in [0, 0.05) is 7.14 Å². The second kappa shape index (κ2) is 6.13. The quantitative estimate of drug-likeness (QED) is 0.489. The molecule has 1 rings (SSSR count). The molecule has 0 saturated heterocycles. The van der Waals surface area contributed by atoms with Crippen molar-refractivity contribution < 1.29 is 26.5 Å². The topological polar surface area (TPSA) is 86.3 Å². The van der Waals surface area contributed by atoms with Gasteiger partial charge in [-0.3, -0.25) is 4.79 Å². The minimum Gasteiger partial charge on any atom is -0.743 e. The van der Waals surface area contributed by atoms with Gasteiger partial charge in [-0.05, 0) is 63.4 Å². The Labute approximate surface area is 135 Å². The Hall–Kier alpha value is -0.0800. The summed E-state index contributed by atoms with van der Waals surface area (Å²) in [6, 6.07) is 4.79. The highest BCUT2D eigenvalue weighted by molar-refractivity contribution is 14.1. The molecule has 0 atom stereocenters. The molecule has 19 heavy (non-hydrogen) atoms. The van der Waals surface area contributed by atoms with Crippen LogP contribution in [0.5, 0.6) is 0 Å². The zero-order valence-corrected chi connectivity index (χ0v) is 14.1. The van der Waals surface area contributed by atoms with Gasteiger partial charge >= 0.3 is 5.25 Å². The third kappa shape index (κ3) is 4.46. The van der Waals surface area contributed by atoms with Crippen molar-refractivity contribution in [2.24, 2.45) is 0 Å². The van der Waals surface area contributed by atoms with Crippen molar-refractivity contribution in [2.45, 2.75) is 5.25 Å². The van der Waals surface area contributed by atoms with E-state index in [4.69, 9.17) is 0 Å². The maximum atomic E-state index is 12.9. The first kappa shape index (κ1) is 17.0. The standard InChI is InChI=1S/C9H7F2I2NO4S/c10-9(11,19(16,17)18)4-14-8(15)6-3-5(12)1-2-7(6)13/h1-3H,4H2,(H,14,15)(H,16,17,18)/p-1. The fourth-order valence-electron chi connectivity index (χ4n) is 1.04. The number of alkyl halides is 2. The number of carbonyl (C=O) groups is 1. The van der Waals surface area contributed by atoms with Gasteiger partial charge < -0.3 is 9.87 Å². The first-order chi connectivity index (χ1) is 8.54. The predicted octanol–water partition coefficient (Wildman–Crippen LogP) is 1.76. The van der Waals surface area contributed by atoms with Gasteiger partial charge in [-0.1, -0.05) is 0 Å². The minimum absolute atomic E-state index is 0.131. The van der Waals surface area contributed by atoms with Gasteiger partial charge in [0.1, 0.15) is 0 Å². The van der Waals surface area contributed by atoms with Crippen LogP contribution >= 0.6 is 45.2 Å². The third-order valence-corrected chi connectivity index (χ3v) is 4.48. The minimum atomic E-state index is -5.80. The smallest absolute Gasteiger partial charge is 0.351 e. The second-order valence-corrected chi connectivity index (χ2v) is 7.31. The van der Waals surface area contributed by atoms with Crippen LogP contribution in [0.3, 0.4) is 0 Å². The normalized spacial score (nSPS) is 12.3. The molecule has 0 spiro atoms. The van der Waals surface area contributed by atoms with Crippen molar-refractivity contribution in [2.75, 3.05) is 6.54 Å². The van der Waals surface area contributed by atoms with Gasteiger partial charge in [0.05, 0.1) is 12.1 Å². The highest BCUT2D eigenvalue weighted by Gasteiger charge is 2.37. The number of carbonyl (C=O) groups excluding carboxylic acids is 1. The molecule has 0 saturated carbocycles. The Bertz CT molecular complexity index is 606. The highest BCUT2D eigenvalue weighted by Crippen LogP contribution is 2.20. The molecular weight excluding hydrogens is 510 g/mol. The Morgan fingerprint density at radius 3 is 2.47 bits per heavy atom. The third-order valence-electron chi connectivity index (χ3n) is 1.99. The number of hydrogen-bond donors (Lipinski definition) is 1. The molecule has 0 aliphatic carbocycles. The zero-order chi connectivity index (χ0) is 14.8. The van der Waals surface area contributed by atoms with Crippen LogP contribution in [0, 0.1) is 7.14 Å². The molecule has 1 amide bonds. The van der Waals surface area contributed by atoms with E-state index in [0.29, 0.717) is 7.14 Å². The molecular formula is C9H6F2I2NO4S-. The molecule has 0 fully saturated rings. The van der Waals surface area contributed by atoms with Crippen LogP contribution in [-0.2, 0) is 10.1 Å². The van der Waals surface area contributed by atoms with E-state index in [1.807, 2.05) is 45.2 Å². The monoisotopic (exact) mass is 516 g/mol.